The number of anilines is 1. The average Bonchev–Trinajstić information content (AvgIpc) is 2.86. The van der Waals surface area contributed by atoms with Gasteiger partial charge in [0.15, 0.2) is 6.29 Å². The van der Waals surface area contributed by atoms with E-state index in [9.17, 15) is 14.9 Å². The Morgan fingerprint density at radius 2 is 1.96 bits per heavy atom. The third-order valence-electron chi connectivity index (χ3n) is 3.62. The van der Waals surface area contributed by atoms with Gasteiger partial charge in [-0.1, -0.05) is 0 Å². The van der Waals surface area contributed by atoms with Crippen molar-refractivity contribution in [3.05, 3.63) is 33.9 Å². The van der Waals surface area contributed by atoms with E-state index in [4.69, 9.17) is 14.2 Å². The highest BCUT2D eigenvalue weighted by molar-refractivity contribution is 5.95. The minimum absolute atomic E-state index is 0.0482. The number of fused-ring (bicyclic) bond motifs is 1. The van der Waals surface area contributed by atoms with Gasteiger partial charge < -0.3 is 19.2 Å². The van der Waals surface area contributed by atoms with Gasteiger partial charge >= 0.3 is 6.09 Å². The molecule has 2 N–H and O–H groups in total. The number of non-ortho nitro benzene ring substituents is 1. The van der Waals surface area contributed by atoms with E-state index in [0.717, 1.165) is 0 Å². The first-order valence-electron chi connectivity index (χ1n) is 7.99. The number of nitrogens with one attached hydrogen (secondary N) is 2. The highest BCUT2D eigenvalue weighted by Crippen LogP contribution is 2.31. The molecule has 0 saturated carbocycles. The summed E-state index contributed by atoms with van der Waals surface area (Å²) in [5.74, 6) is 0.383. The molecule has 0 unspecified atom stereocenters. The predicted octanol–water partition coefficient (Wildman–Crippen LogP) is 3.58. The molecule has 26 heavy (non-hydrogen) atoms. The van der Waals surface area contributed by atoms with Crippen molar-refractivity contribution in [1.82, 2.24) is 4.98 Å². The van der Waals surface area contributed by atoms with Gasteiger partial charge in [-0.3, -0.25) is 15.4 Å². The van der Waals surface area contributed by atoms with Crippen LogP contribution in [0.2, 0.25) is 0 Å². The third-order valence-corrected chi connectivity index (χ3v) is 3.62. The highest BCUT2D eigenvalue weighted by Gasteiger charge is 2.22. The Morgan fingerprint density at radius 3 is 2.50 bits per heavy atom. The van der Waals surface area contributed by atoms with Crippen LogP contribution in [0.3, 0.4) is 0 Å². The highest BCUT2D eigenvalue weighted by atomic mass is 16.7. The quantitative estimate of drug-likeness (QED) is 0.459. The fraction of sp³-hybridized carbons (Fsp3) is 0.471. The number of aromatic amines is 1. The summed E-state index contributed by atoms with van der Waals surface area (Å²) in [6.45, 7) is 5.27. The summed E-state index contributed by atoms with van der Waals surface area (Å²) in [4.78, 5) is 25.8. The number of hydrogen-bond donors (Lipinski definition) is 2. The van der Waals surface area contributed by atoms with Gasteiger partial charge in [0, 0.05) is 49.2 Å². The zero-order valence-electron chi connectivity index (χ0n) is 15.4. The summed E-state index contributed by atoms with van der Waals surface area (Å²) < 4.78 is 15.7. The van der Waals surface area contributed by atoms with Gasteiger partial charge in [0.25, 0.3) is 5.69 Å². The van der Waals surface area contributed by atoms with Gasteiger partial charge in [-0.15, -0.1) is 0 Å². The van der Waals surface area contributed by atoms with E-state index >= 15 is 0 Å². The molecule has 0 bridgehead atoms. The van der Waals surface area contributed by atoms with Crippen molar-refractivity contribution in [2.75, 3.05) is 19.5 Å². The third kappa shape index (κ3) is 4.70. The smallest absolute Gasteiger partial charge is 0.413 e. The van der Waals surface area contributed by atoms with Crippen molar-refractivity contribution in [1.29, 1.82) is 0 Å². The van der Waals surface area contributed by atoms with Crippen LogP contribution in [0.5, 0.6) is 0 Å². The van der Waals surface area contributed by atoms with Crippen LogP contribution in [0.15, 0.2) is 18.2 Å². The molecule has 142 valence electrons. The van der Waals surface area contributed by atoms with Crippen molar-refractivity contribution >= 4 is 28.5 Å². The fourth-order valence-electron chi connectivity index (χ4n) is 2.50. The number of methoxy groups -OCH3 is 2. The molecule has 9 heteroatoms. The number of benzene rings is 1. The Kier molecular flexibility index (Phi) is 5.83. The van der Waals surface area contributed by atoms with E-state index in [1.807, 2.05) is 0 Å². The molecule has 0 fully saturated rings. The van der Waals surface area contributed by atoms with Gasteiger partial charge in [-0.25, -0.2) is 4.79 Å². The Labute approximate surface area is 150 Å². The Bertz CT molecular complexity index is 805. The minimum atomic E-state index is -0.656. The summed E-state index contributed by atoms with van der Waals surface area (Å²) in [6.07, 6.45) is -0.933. The van der Waals surface area contributed by atoms with Crippen molar-refractivity contribution in [3.63, 3.8) is 0 Å². The molecule has 1 aromatic heterocycles. The molecule has 0 atom stereocenters. The van der Waals surface area contributed by atoms with Gasteiger partial charge in [-0.2, -0.15) is 0 Å². The zero-order chi connectivity index (χ0) is 19.5. The molecule has 0 radical (unpaired) electrons. The zero-order valence-corrected chi connectivity index (χ0v) is 15.4. The van der Waals surface area contributed by atoms with Crippen molar-refractivity contribution in [3.8, 4) is 0 Å². The van der Waals surface area contributed by atoms with Crippen molar-refractivity contribution in [2.24, 2.45) is 0 Å². The second kappa shape index (κ2) is 7.71. The number of H-pyrrole nitrogens is 1. The monoisotopic (exact) mass is 365 g/mol. The SMILES string of the molecule is COC(Cc1c(NC(=O)OC(C)(C)C)[nH]c2ccc([N+](=O)[O-])cc12)OC. The van der Waals surface area contributed by atoms with E-state index in [-0.39, 0.29) is 12.1 Å². The van der Waals surface area contributed by atoms with Crippen LogP contribution >= 0.6 is 0 Å². The normalized spacial score (nSPS) is 11.8. The van der Waals surface area contributed by atoms with Gasteiger partial charge in [-0.05, 0) is 26.8 Å². The van der Waals surface area contributed by atoms with E-state index in [1.165, 1.54) is 26.4 Å². The lowest BCUT2D eigenvalue weighted by Crippen LogP contribution is -2.28. The van der Waals surface area contributed by atoms with Crippen LogP contribution in [-0.4, -0.2) is 42.1 Å². The molecule has 9 nitrogen and oxygen atoms in total. The molecule has 1 aromatic carbocycles. The van der Waals surface area contributed by atoms with E-state index in [1.54, 1.807) is 26.8 Å². The number of carbonyl (C=O) groups excluding carboxylic acids is 1. The molecule has 0 aliphatic rings. The molecule has 0 aliphatic heterocycles. The summed E-state index contributed by atoms with van der Waals surface area (Å²) in [6, 6.07) is 4.43. The van der Waals surface area contributed by atoms with E-state index in [2.05, 4.69) is 10.3 Å². The Hall–Kier alpha value is -2.65. The second-order valence-corrected chi connectivity index (χ2v) is 6.70. The Morgan fingerprint density at radius 1 is 1.31 bits per heavy atom. The average molecular weight is 365 g/mol. The molecule has 1 amide bonds. The van der Waals surface area contributed by atoms with Crippen molar-refractivity contribution in [2.45, 2.75) is 39.1 Å². The number of nitrogens with zero attached hydrogens (tertiary/aromatic N) is 1. The minimum Gasteiger partial charge on any atom is -0.444 e. The van der Waals surface area contributed by atoms with Crippen molar-refractivity contribution < 1.29 is 23.9 Å². The lowest BCUT2D eigenvalue weighted by atomic mass is 10.1. The fourth-order valence-corrected chi connectivity index (χ4v) is 2.50. The summed E-state index contributed by atoms with van der Waals surface area (Å²) in [5.41, 5.74) is 0.565. The molecule has 0 spiro atoms. The molecule has 2 aromatic rings. The van der Waals surface area contributed by atoms with Crippen LogP contribution in [0.1, 0.15) is 26.3 Å². The number of hydrogen-bond acceptors (Lipinski definition) is 6. The first-order valence-corrected chi connectivity index (χ1v) is 7.99. The van der Waals surface area contributed by atoms with Crippen LogP contribution in [0.25, 0.3) is 10.9 Å². The second-order valence-electron chi connectivity index (χ2n) is 6.70. The van der Waals surface area contributed by atoms with Gasteiger partial charge in [0.2, 0.25) is 0 Å². The molecule has 0 aliphatic carbocycles. The van der Waals surface area contributed by atoms with E-state index < -0.39 is 22.9 Å². The predicted molar refractivity (Wildman–Crippen MR) is 96.3 cm³/mol. The maximum atomic E-state index is 12.1. The lowest BCUT2D eigenvalue weighted by molar-refractivity contribution is -0.384. The number of amides is 1. The summed E-state index contributed by atoms with van der Waals surface area (Å²) in [5, 5.41) is 14.4. The Balaban J connectivity index is 2.46. The molecular weight excluding hydrogens is 342 g/mol. The van der Waals surface area contributed by atoms with Crippen LogP contribution in [0, 0.1) is 10.1 Å². The molecular formula is C17H23N3O6. The topological polar surface area (TPSA) is 116 Å². The van der Waals surface area contributed by atoms with Gasteiger partial charge in [0.05, 0.1) is 4.92 Å². The number of nitro groups is 1. The number of carbonyl (C=O) groups is 1. The molecule has 0 saturated heterocycles. The molecule has 1 heterocycles. The number of rotatable bonds is 6. The number of ether oxygens (including phenoxy) is 3. The summed E-state index contributed by atoms with van der Waals surface area (Å²) >= 11 is 0. The molecule has 2 rings (SSSR count). The first kappa shape index (κ1) is 19.7. The van der Waals surface area contributed by atoms with Crippen LogP contribution in [0.4, 0.5) is 16.3 Å². The van der Waals surface area contributed by atoms with E-state index in [0.29, 0.717) is 22.3 Å². The van der Waals surface area contributed by atoms with Gasteiger partial charge in [0.1, 0.15) is 11.4 Å². The van der Waals surface area contributed by atoms with Crippen LogP contribution in [-0.2, 0) is 20.6 Å². The van der Waals surface area contributed by atoms with Crippen LogP contribution < -0.4 is 5.32 Å². The largest absolute Gasteiger partial charge is 0.444 e. The summed E-state index contributed by atoms with van der Waals surface area (Å²) in [7, 11) is 2.98. The number of aromatic nitrogens is 1. The maximum Gasteiger partial charge on any atom is 0.413 e. The maximum absolute atomic E-state index is 12.1. The number of nitro benzene ring substituents is 1. The standard InChI is InChI=1S/C17H23N3O6/c1-17(2,3)26-16(21)19-15-12(9-14(24-4)25-5)11-8-10(20(22)23)6-7-13(11)18-15/h6-8,14,18H,9H2,1-5H3,(H,19,21). The first-order chi connectivity index (χ1) is 12.1. The lowest BCUT2D eigenvalue weighted by Gasteiger charge is -2.20.